The molecule has 180 valence electrons. The smallest absolute Gasteiger partial charge is 0.419 e. The van der Waals surface area contributed by atoms with E-state index in [1.807, 2.05) is 41.0 Å². The minimum absolute atomic E-state index is 0.00943. The van der Waals surface area contributed by atoms with E-state index >= 15 is 0 Å². The highest BCUT2D eigenvalue weighted by molar-refractivity contribution is 5.94. The van der Waals surface area contributed by atoms with E-state index in [0.717, 1.165) is 17.7 Å². The molecule has 9 heteroatoms. The van der Waals surface area contributed by atoms with Crippen molar-refractivity contribution >= 4 is 28.6 Å². The standard InChI is InChI=1S/C25H30N4O5/c1-4-11-29-20-10-9-18(14-23(20)34-25(29)32)26-24(31)16-27-12-13-28(17(2)30)21(15-27)19-7-5-6-8-22(19)33-3/h5-10,14,21H,4,11-13,15-16H2,1-3H3,(H,26,31). The predicted molar refractivity (Wildman–Crippen MR) is 129 cm³/mol. The highest BCUT2D eigenvalue weighted by Crippen LogP contribution is 2.32. The Balaban J connectivity index is 1.46. The average molecular weight is 467 g/mol. The molecule has 1 atom stereocenters. The summed E-state index contributed by atoms with van der Waals surface area (Å²) < 4.78 is 12.4. The third-order valence-electron chi connectivity index (χ3n) is 6.13. The molecule has 3 aromatic rings. The largest absolute Gasteiger partial charge is 0.496 e. The molecule has 1 unspecified atom stereocenters. The van der Waals surface area contributed by atoms with Gasteiger partial charge in [-0.15, -0.1) is 0 Å². The van der Waals surface area contributed by atoms with Crippen LogP contribution in [0, 0.1) is 0 Å². The Morgan fingerprint density at radius 2 is 1.97 bits per heavy atom. The summed E-state index contributed by atoms with van der Waals surface area (Å²) in [6.45, 7) is 5.94. The van der Waals surface area contributed by atoms with Gasteiger partial charge in [-0.05, 0) is 24.6 Å². The van der Waals surface area contributed by atoms with Crippen molar-refractivity contribution in [3.8, 4) is 5.75 Å². The molecule has 0 spiro atoms. The number of aryl methyl sites for hydroxylation is 1. The molecule has 1 aliphatic rings. The van der Waals surface area contributed by atoms with Crippen molar-refractivity contribution in [2.45, 2.75) is 32.9 Å². The maximum atomic E-state index is 12.8. The molecular formula is C25H30N4O5. The van der Waals surface area contributed by atoms with Crippen LogP contribution < -0.4 is 15.8 Å². The number of anilines is 1. The van der Waals surface area contributed by atoms with E-state index in [9.17, 15) is 14.4 Å². The van der Waals surface area contributed by atoms with Crippen molar-refractivity contribution in [2.24, 2.45) is 0 Å². The number of nitrogens with zero attached hydrogens (tertiary/aromatic N) is 3. The van der Waals surface area contributed by atoms with Crippen LogP contribution in [0.3, 0.4) is 0 Å². The van der Waals surface area contributed by atoms with E-state index in [1.165, 1.54) is 0 Å². The Labute approximate surface area is 197 Å². The van der Waals surface area contributed by atoms with Gasteiger partial charge in [0.1, 0.15) is 5.75 Å². The number of methoxy groups -OCH3 is 1. The number of aromatic nitrogens is 1. The van der Waals surface area contributed by atoms with E-state index in [-0.39, 0.29) is 24.4 Å². The summed E-state index contributed by atoms with van der Waals surface area (Å²) in [4.78, 5) is 41.0. The van der Waals surface area contributed by atoms with Crippen LogP contribution in [0.2, 0.25) is 0 Å². The predicted octanol–water partition coefficient (Wildman–Crippen LogP) is 2.86. The van der Waals surface area contributed by atoms with Gasteiger partial charge in [0.25, 0.3) is 0 Å². The molecule has 2 amide bonds. The van der Waals surface area contributed by atoms with Crippen LogP contribution in [-0.2, 0) is 16.1 Å². The number of para-hydroxylation sites is 1. The van der Waals surface area contributed by atoms with Crippen LogP contribution in [-0.4, -0.2) is 59.5 Å². The third kappa shape index (κ3) is 4.84. The van der Waals surface area contributed by atoms with Gasteiger partial charge in [-0.25, -0.2) is 4.79 Å². The lowest BCUT2D eigenvalue weighted by molar-refractivity contribution is -0.134. The number of piperazine rings is 1. The van der Waals surface area contributed by atoms with Gasteiger partial charge in [-0.1, -0.05) is 25.1 Å². The average Bonchev–Trinajstić information content (AvgIpc) is 3.13. The second-order valence-corrected chi connectivity index (χ2v) is 8.46. The van der Waals surface area contributed by atoms with Gasteiger partial charge in [0.15, 0.2) is 5.58 Å². The molecule has 2 heterocycles. The molecule has 9 nitrogen and oxygen atoms in total. The molecule has 2 aromatic carbocycles. The van der Waals surface area contributed by atoms with Gasteiger partial charge in [0, 0.05) is 50.4 Å². The summed E-state index contributed by atoms with van der Waals surface area (Å²) in [5, 5.41) is 2.90. The highest BCUT2D eigenvalue weighted by Gasteiger charge is 2.32. The minimum Gasteiger partial charge on any atom is -0.496 e. The Bertz CT molecular complexity index is 1250. The Hall–Kier alpha value is -3.59. The van der Waals surface area contributed by atoms with Crippen LogP contribution >= 0.6 is 0 Å². The first-order valence-corrected chi connectivity index (χ1v) is 11.5. The number of amides is 2. The summed E-state index contributed by atoms with van der Waals surface area (Å²) in [5.41, 5.74) is 2.65. The van der Waals surface area contributed by atoms with Gasteiger partial charge in [0.2, 0.25) is 11.8 Å². The number of nitrogens with one attached hydrogen (secondary N) is 1. The summed E-state index contributed by atoms with van der Waals surface area (Å²) in [5.74, 6) is 0.135. The normalized spacial score (nSPS) is 16.6. The lowest BCUT2D eigenvalue weighted by Gasteiger charge is -2.41. The number of oxazole rings is 1. The molecule has 0 bridgehead atoms. The molecule has 0 aliphatic carbocycles. The van der Waals surface area contributed by atoms with Gasteiger partial charge in [0.05, 0.1) is 25.2 Å². The monoisotopic (exact) mass is 466 g/mol. The van der Waals surface area contributed by atoms with Crippen molar-refractivity contribution in [3.63, 3.8) is 0 Å². The lowest BCUT2D eigenvalue weighted by atomic mass is 10.0. The number of carbonyl (C=O) groups excluding carboxylic acids is 2. The van der Waals surface area contributed by atoms with Gasteiger partial charge < -0.3 is 19.4 Å². The zero-order valence-electron chi connectivity index (χ0n) is 19.7. The topological polar surface area (TPSA) is 97.0 Å². The SMILES string of the molecule is CCCn1c(=O)oc2cc(NC(=O)CN3CCN(C(C)=O)C(c4ccccc4OC)C3)ccc21. The van der Waals surface area contributed by atoms with Crippen LogP contribution in [0.5, 0.6) is 5.75 Å². The van der Waals surface area contributed by atoms with Crippen molar-refractivity contribution in [3.05, 3.63) is 58.6 Å². The number of carbonyl (C=O) groups is 2. The van der Waals surface area contributed by atoms with Crippen molar-refractivity contribution in [1.29, 1.82) is 0 Å². The zero-order valence-corrected chi connectivity index (χ0v) is 19.7. The fraction of sp³-hybridized carbons (Fsp3) is 0.400. The van der Waals surface area contributed by atoms with Crippen molar-refractivity contribution in [2.75, 3.05) is 38.6 Å². The van der Waals surface area contributed by atoms with Crippen LogP contribution in [0.4, 0.5) is 5.69 Å². The van der Waals surface area contributed by atoms with Crippen molar-refractivity contribution in [1.82, 2.24) is 14.4 Å². The minimum atomic E-state index is -0.397. The van der Waals surface area contributed by atoms with E-state index in [4.69, 9.17) is 9.15 Å². The molecule has 4 rings (SSSR count). The fourth-order valence-electron chi connectivity index (χ4n) is 4.55. The van der Waals surface area contributed by atoms with Crippen LogP contribution in [0.15, 0.2) is 51.7 Å². The molecule has 1 aromatic heterocycles. The Morgan fingerprint density at radius 1 is 1.18 bits per heavy atom. The number of hydrogen-bond donors (Lipinski definition) is 1. The Morgan fingerprint density at radius 3 is 2.71 bits per heavy atom. The van der Waals surface area contributed by atoms with Crippen molar-refractivity contribution < 1.29 is 18.7 Å². The second kappa shape index (κ2) is 10.1. The van der Waals surface area contributed by atoms with Gasteiger partial charge in [-0.2, -0.15) is 0 Å². The van der Waals surface area contributed by atoms with Crippen LogP contribution in [0.1, 0.15) is 31.9 Å². The van der Waals surface area contributed by atoms with E-state index in [1.54, 1.807) is 36.8 Å². The first-order chi connectivity index (χ1) is 16.4. The molecule has 1 fully saturated rings. The fourth-order valence-corrected chi connectivity index (χ4v) is 4.55. The molecule has 1 N–H and O–H groups in total. The number of hydrogen-bond acceptors (Lipinski definition) is 6. The molecule has 1 aliphatic heterocycles. The molecule has 1 saturated heterocycles. The summed E-state index contributed by atoms with van der Waals surface area (Å²) in [6, 6.07) is 12.7. The summed E-state index contributed by atoms with van der Waals surface area (Å²) >= 11 is 0. The third-order valence-corrected chi connectivity index (χ3v) is 6.13. The van der Waals surface area contributed by atoms with Gasteiger partial charge >= 0.3 is 5.76 Å². The van der Waals surface area contributed by atoms with E-state index in [0.29, 0.717) is 43.0 Å². The zero-order chi connectivity index (χ0) is 24.2. The number of rotatable bonds is 7. The van der Waals surface area contributed by atoms with Gasteiger partial charge in [-0.3, -0.25) is 19.1 Å². The number of ether oxygens (including phenoxy) is 1. The molecule has 34 heavy (non-hydrogen) atoms. The highest BCUT2D eigenvalue weighted by atomic mass is 16.5. The van der Waals surface area contributed by atoms with E-state index in [2.05, 4.69) is 5.32 Å². The maximum absolute atomic E-state index is 12.8. The summed E-state index contributed by atoms with van der Waals surface area (Å²) in [7, 11) is 1.61. The number of benzene rings is 2. The second-order valence-electron chi connectivity index (χ2n) is 8.46. The number of fused-ring (bicyclic) bond motifs is 1. The molecule has 0 radical (unpaired) electrons. The van der Waals surface area contributed by atoms with Crippen LogP contribution in [0.25, 0.3) is 11.1 Å². The molecule has 0 saturated carbocycles. The first-order valence-electron chi connectivity index (χ1n) is 11.5. The Kier molecular flexibility index (Phi) is 7.02. The summed E-state index contributed by atoms with van der Waals surface area (Å²) in [6.07, 6.45) is 0.819. The molecular weight excluding hydrogens is 436 g/mol. The maximum Gasteiger partial charge on any atom is 0.419 e. The quantitative estimate of drug-likeness (QED) is 0.575. The van der Waals surface area contributed by atoms with E-state index < -0.39 is 5.76 Å². The lowest BCUT2D eigenvalue weighted by Crippen LogP contribution is -2.51. The first kappa shape index (κ1) is 23.6.